The Labute approximate surface area is 314 Å². The number of hydrogen-bond acceptors (Lipinski definition) is 0. The van der Waals surface area contributed by atoms with Crippen molar-refractivity contribution in [3.05, 3.63) is 206 Å². The van der Waals surface area contributed by atoms with Gasteiger partial charge in [-0.3, -0.25) is 0 Å². The summed E-state index contributed by atoms with van der Waals surface area (Å²) >= 11 is 0. The first kappa shape index (κ1) is 30.6. The van der Waals surface area contributed by atoms with E-state index in [1.165, 1.54) is 109 Å². The molecule has 0 saturated heterocycles. The maximum absolute atomic E-state index is 2.40. The van der Waals surface area contributed by atoms with E-state index in [9.17, 15) is 0 Å². The normalized spacial score (nSPS) is 11.7. The highest BCUT2D eigenvalue weighted by Gasteiger charge is 2.14. The van der Waals surface area contributed by atoms with Gasteiger partial charge < -0.3 is 0 Å². The Bertz CT molecular complexity index is 3190. The van der Waals surface area contributed by atoms with E-state index in [0.717, 1.165) is 0 Å². The van der Waals surface area contributed by atoms with E-state index >= 15 is 0 Å². The second-order valence-corrected chi connectivity index (χ2v) is 14.4. The molecule has 0 heterocycles. The molecule has 0 spiro atoms. The first-order valence-corrected chi connectivity index (χ1v) is 18.7. The SMILES string of the molecule is c1ccc(-c2cc(-c3cccc(-c4ccc5c6ccccc6c6ccccc6c5c4)c3)cc(-c3ccc4c5ccccc5c5ccccc5c4c3)c2)cc1. The van der Waals surface area contributed by atoms with Crippen LogP contribution in [-0.2, 0) is 0 Å². The van der Waals surface area contributed by atoms with E-state index in [2.05, 4.69) is 206 Å². The summed E-state index contributed by atoms with van der Waals surface area (Å²) in [6, 6.07) is 76.1. The van der Waals surface area contributed by atoms with Crippen LogP contribution >= 0.6 is 0 Å². The fraction of sp³-hybridized carbons (Fsp3) is 0. The Morgan fingerprint density at radius 2 is 0.389 bits per heavy atom. The molecule has 0 aliphatic carbocycles. The molecule has 250 valence electrons. The van der Waals surface area contributed by atoms with Gasteiger partial charge in [0.2, 0.25) is 0 Å². The molecule has 0 unspecified atom stereocenters. The van der Waals surface area contributed by atoms with Crippen molar-refractivity contribution in [1.82, 2.24) is 0 Å². The average molecular weight is 683 g/mol. The second kappa shape index (κ2) is 12.3. The van der Waals surface area contributed by atoms with Crippen LogP contribution in [0.1, 0.15) is 0 Å². The van der Waals surface area contributed by atoms with Crippen molar-refractivity contribution in [2.75, 3.05) is 0 Å². The summed E-state index contributed by atoms with van der Waals surface area (Å²) in [5.74, 6) is 0. The maximum Gasteiger partial charge on any atom is -0.00928 e. The highest BCUT2D eigenvalue weighted by molar-refractivity contribution is 6.27. The summed E-state index contributed by atoms with van der Waals surface area (Å²) in [4.78, 5) is 0. The lowest BCUT2D eigenvalue weighted by Crippen LogP contribution is -1.89. The van der Waals surface area contributed by atoms with E-state index in [-0.39, 0.29) is 0 Å². The molecule has 0 atom stereocenters. The van der Waals surface area contributed by atoms with E-state index in [0.29, 0.717) is 0 Å². The van der Waals surface area contributed by atoms with Crippen molar-refractivity contribution in [2.45, 2.75) is 0 Å². The summed E-state index contributed by atoms with van der Waals surface area (Å²) in [6.07, 6.45) is 0. The first-order valence-electron chi connectivity index (χ1n) is 18.7. The molecule has 0 saturated carbocycles. The van der Waals surface area contributed by atoms with E-state index in [1.54, 1.807) is 0 Å². The highest BCUT2D eigenvalue weighted by atomic mass is 14.2. The van der Waals surface area contributed by atoms with Gasteiger partial charge in [0.05, 0.1) is 0 Å². The Balaban J connectivity index is 1.09. The van der Waals surface area contributed by atoms with E-state index in [4.69, 9.17) is 0 Å². The van der Waals surface area contributed by atoms with Crippen LogP contribution < -0.4 is 0 Å². The maximum atomic E-state index is 2.40. The zero-order valence-corrected chi connectivity index (χ0v) is 29.6. The van der Waals surface area contributed by atoms with Gasteiger partial charge in [-0.05, 0) is 146 Å². The summed E-state index contributed by atoms with van der Waals surface area (Å²) in [5, 5.41) is 15.5. The van der Waals surface area contributed by atoms with Crippen molar-refractivity contribution in [3.8, 4) is 44.5 Å². The minimum atomic E-state index is 1.20. The lowest BCUT2D eigenvalue weighted by Gasteiger charge is -2.15. The van der Waals surface area contributed by atoms with E-state index in [1.807, 2.05) is 0 Å². The second-order valence-electron chi connectivity index (χ2n) is 14.4. The Morgan fingerprint density at radius 3 is 0.815 bits per heavy atom. The summed E-state index contributed by atoms with van der Waals surface area (Å²) in [5.41, 5.74) is 9.68. The lowest BCUT2D eigenvalue weighted by molar-refractivity contribution is 1.57. The first-order chi connectivity index (χ1) is 26.8. The minimum Gasteiger partial charge on any atom is -0.0622 e. The van der Waals surface area contributed by atoms with Gasteiger partial charge in [0, 0.05) is 0 Å². The summed E-state index contributed by atoms with van der Waals surface area (Å²) in [6.45, 7) is 0. The Kier molecular flexibility index (Phi) is 6.97. The van der Waals surface area contributed by atoms with Crippen LogP contribution in [0.5, 0.6) is 0 Å². The van der Waals surface area contributed by atoms with Gasteiger partial charge in [0.15, 0.2) is 0 Å². The van der Waals surface area contributed by atoms with Crippen molar-refractivity contribution in [3.63, 3.8) is 0 Å². The molecule has 0 aromatic heterocycles. The van der Waals surface area contributed by atoms with Gasteiger partial charge in [-0.2, -0.15) is 0 Å². The van der Waals surface area contributed by atoms with Gasteiger partial charge in [-0.25, -0.2) is 0 Å². The quantitative estimate of drug-likeness (QED) is 0.162. The molecule has 11 aromatic carbocycles. The molecule has 0 nitrogen and oxygen atoms in total. The Morgan fingerprint density at radius 1 is 0.130 bits per heavy atom. The Hall–Kier alpha value is -7.02. The molecule has 11 rings (SSSR count). The monoisotopic (exact) mass is 682 g/mol. The van der Waals surface area contributed by atoms with Crippen LogP contribution in [0.2, 0.25) is 0 Å². The smallest absolute Gasteiger partial charge is 0.00928 e. The highest BCUT2D eigenvalue weighted by Crippen LogP contribution is 2.41. The van der Waals surface area contributed by atoms with Crippen LogP contribution in [0.15, 0.2) is 206 Å². The third-order valence-corrected chi connectivity index (χ3v) is 11.4. The van der Waals surface area contributed by atoms with Gasteiger partial charge in [0.25, 0.3) is 0 Å². The van der Waals surface area contributed by atoms with Gasteiger partial charge >= 0.3 is 0 Å². The topological polar surface area (TPSA) is 0 Å². The molecule has 0 aliphatic heterocycles. The van der Waals surface area contributed by atoms with Gasteiger partial charge in [-0.1, -0.05) is 170 Å². The van der Waals surface area contributed by atoms with Crippen molar-refractivity contribution in [2.24, 2.45) is 0 Å². The predicted molar refractivity (Wildman–Crippen MR) is 233 cm³/mol. The van der Waals surface area contributed by atoms with E-state index < -0.39 is 0 Å². The molecule has 0 fully saturated rings. The minimum absolute atomic E-state index is 1.20. The van der Waals surface area contributed by atoms with Crippen LogP contribution in [0, 0.1) is 0 Å². The zero-order chi connectivity index (χ0) is 35.6. The van der Waals surface area contributed by atoms with Crippen LogP contribution in [-0.4, -0.2) is 0 Å². The number of benzene rings is 11. The number of fused-ring (bicyclic) bond motifs is 12. The molecular formula is C54H34. The third kappa shape index (κ3) is 4.92. The molecule has 0 N–H and O–H groups in total. The third-order valence-electron chi connectivity index (χ3n) is 11.4. The number of rotatable bonds is 4. The molecule has 0 radical (unpaired) electrons. The summed E-state index contributed by atoms with van der Waals surface area (Å²) in [7, 11) is 0. The summed E-state index contributed by atoms with van der Waals surface area (Å²) < 4.78 is 0. The largest absolute Gasteiger partial charge is 0.0622 e. The van der Waals surface area contributed by atoms with Gasteiger partial charge in [-0.15, -0.1) is 0 Å². The van der Waals surface area contributed by atoms with Crippen LogP contribution in [0.25, 0.3) is 109 Å². The fourth-order valence-corrected chi connectivity index (χ4v) is 8.81. The van der Waals surface area contributed by atoms with Crippen LogP contribution in [0.3, 0.4) is 0 Å². The standard InChI is InChI=1S/C54H34/c1-2-13-35(14-3-1)40-30-41(32-42(31-40)39-26-28-52-48-22-7-5-18-44(48)46-20-9-11-24-50(46)54(52)34-39)37-16-12-15-36(29-37)38-25-27-51-47-21-6-4-17-43(47)45-19-8-10-23-49(45)53(51)33-38/h1-34H. The van der Waals surface area contributed by atoms with Crippen molar-refractivity contribution < 1.29 is 0 Å². The molecule has 11 aromatic rings. The molecule has 54 heavy (non-hydrogen) atoms. The number of hydrogen-bond donors (Lipinski definition) is 0. The van der Waals surface area contributed by atoms with Gasteiger partial charge in [0.1, 0.15) is 0 Å². The van der Waals surface area contributed by atoms with Crippen molar-refractivity contribution in [1.29, 1.82) is 0 Å². The fourth-order valence-electron chi connectivity index (χ4n) is 8.81. The molecule has 0 amide bonds. The average Bonchev–Trinajstić information content (AvgIpc) is 3.26. The van der Waals surface area contributed by atoms with Crippen LogP contribution in [0.4, 0.5) is 0 Å². The lowest BCUT2D eigenvalue weighted by atomic mass is 9.89. The molecular weight excluding hydrogens is 649 g/mol. The zero-order valence-electron chi connectivity index (χ0n) is 29.6. The molecule has 0 bridgehead atoms. The molecule has 0 aliphatic rings. The molecule has 0 heteroatoms. The predicted octanol–water partition coefficient (Wildman–Crippen LogP) is 15.3. The van der Waals surface area contributed by atoms with Crippen molar-refractivity contribution >= 4 is 64.6 Å².